The van der Waals surface area contributed by atoms with E-state index in [-0.39, 0.29) is 11.3 Å². The van der Waals surface area contributed by atoms with Gasteiger partial charge in [-0.15, -0.1) is 0 Å². The third-order valence-corrected chi connectivity index (χ3v) is 2.41. The summed E-state index contributed by atoms with van der Waals surface area (Å²) < 4.78 is 4.55. The molecule has 1 aromatic carbocycles. The standard InChI is InChI=1S/C12H11NO3/c1-7-3-4-8-6-10(12(15)16-2)13-11(14)9(8)5-7/h3-6H,1-2H3,(H,13,14). The van der Waals surface area contributed by atoms with Gasteiger partial charge in [0.2, 0.25) is 0 Å². The lowest BCUT2D eigenvalue weighted by molar-refractivity contribution is 0.0594. The number of hydrogen-bond donors (Lipinski definition) is 1. The lowest BCUT2D eigenvalue weighted by Gasteiger charge is -2.02. The van der Waals surface area contributed by atoms with Gasteiger partial charge in [-0.25, -0.2) is 4.79 Å². The van der Waals surface area contributed by atoms with Crippen molar-refractivity contribution in [1.82, 2.24) is 4.98 Å². The van der Waals surface area contributed by atoms with Crippen LogP contribution in [0.2, 0.25) is 0 Å². The van der Waals surface area contributed by atoms with Crippen molar-refractivity contribution in [2.75, 3.05) is 7.11 Å². The maximum Gasteiger partial charge on any atom is 0.354 e. The summed E-state index contributed by atoms with van der Waals surface area (Å²) in [6, 6.07) is 7.10. The highest BCUT2D eigenvalue weighted by Gasteiger charge is 2.09. The molecule has 0 radical (unpaired) electrons. The minimum absolute atomic E-state index is 0.170. The number of aromatic nitrogens is 1. The number of hydrogen-bond acceptors (Lipinski definition) is 3. The molecule has 0 saturated heterocycles. The normalized spacial score (nSPS) is 10.4. The van der Waals surface area contributed by atoms with Crippen LogP contribution in [0.4, 0.5) is 0 Å². The average Bonchev–Trinajstić information content (AvgIpc) is 2.28. The van der Waals surface area contributed by atoms with E-state index in [9.17, 15) is 9.59 Å². The van der Waals surface area contributed by atoms with Crippen LogP contribution in [0.1, 0.15) is 16.1 Å². The molecule has 0 amide bonds. The van der Waals surface area contributed by atoms with Crippen LogP contribution < -0.4 is 5.56 Å². The summed E-state index contributed by atoms with van der Waals surface area (Å²) in [4.78, 5) is 25.5. The molecule has 1 aromatic heterocycles. The van der Waals surface area contributed by atoms with Gasteiger partial charge in [0, 0.05) is 5.39 Å². The minimum Gasteiger partial charge on any atom is -0.464 e. The van der Waals surface area contributed by atoms with Gasteiger partial charge in [0.15, 0.2) is 0 Å². The number of aromatic amines is 1. The van der Waals surface area contributed by atoms with Crippen LogP contribution in [-0.2, 0) is 4.74 Å². The van der Waals surface area contributed by atoms with Crippen LogP contribution in [0.15, 0.2) is 29.1 Å². The monoisotopic (exact) mass is 217 g/mol. The van der Waals surface area contributed by atoms with Crippen molar-refractivity contribution < 1.29 is 9.53 Å². The molecule has 0 aliphatic rings. The second kappa shape index (κ2) is 3.81. The summed E-state index contributed by atoms with van der Waals surface area (Å²) in [6.45, 7) is 1.91. The lowest BCUT2D eigenvalue weighted by Crippen LogP contribution is -2.14. The number of pyridine rings is 1. The highest BCUT2D eigenvalue weighted by molar-refractivity contribution is 5.93. The average molecular weight is 217 g/mol. The Kier molecular flexibility index (Phi) is 2.48. The summed E-state index contributed by atoms with van der Waals surface area (Å²) in [6.07, 6.45) is 0. The van der Waals surface area contributed by atoms with Gasteiger partial charge < -0.3 is 9.72 Å². The SMILES string of the molecule is COC(=O)c1cc2ccc(C)cc2c(=O)[nH]1. The molecule has 1 N–H and O–H groups in total. The molecule has 82 valence electrons. The maximum atomic E-state index is 11.7. The second-order valence-electron chi connectivity index (χ2n) is 3.59. The van der Waals surface area contributed by atoms with Gasteiger partial charge in [-0.3, -0.25) is 4.79 Å². The Hall–Kier alpha value is -2.10. The molecular weight excluding hydrogens is 206 g/mol. The third-order valence-electron chi connectivity index (χ3n) is 2.41. The van der Waals surface area contributed by atoms with Crippen molar-refractivity contribution in [2.24, 2.45) is 0 Å². The van der Waals surface area contributed by atoms with E-state index in [0.717, 1.165) is 10.9 Å². The Morgan fingerprint density at radius 3 is 2.75 bits per heavy atom. The van der Waals surface area contributed by atoms with E-state index in [4.69, 9.17) is 0 Å². The van der Waals surface area contributed by atoms with Crippen LogP contribution in [0.25, 0.3) is 10.8 Å². The first-order valence-electron chi connectivity index (χ1n) is 4.84. The number of benzene rings is 1. The second-order valence-corrected chi connectivity index (χ2v) is 3.59. The fourth-order valence-electron chi connectivity index (χ4n) is 1.59. The van der Waals surface area contributed by atoms with Gasteiger partial charge >= 0.3 is 5.97 Å². The number of nitrogens with one attached hydrogen (secondary N) is 1. The Balaban J connectivity index is 2.73. The van der Waals surface area contributed by atoms with Crippen molar-refractivity contribution in [3.8, 4) is 0 Å². The number of H-pyrrole nitrogens is 1. The van der Waals surface area contributed by atoms with E-state index in [1.165, 1.54) is 7.11 Å². The Bertz CT molecular complexity index is 613. The molecule has 0 fully saturated rings. The highest BCUT2D eigenvalue weighted by Crippen LogP contribution is 2.12. The molecule has 0 bridgehead atoms. The molecule has 0 aliphatic heterocycles. The Labute approximate surface area is 91.9 Å². The van der Waals surface area contributed by atoms with E-state index in [2.05, 4.69) is 9.72 Å². The fraction of sp³-hybridized carbons (Fsp3) is 0.167. The number of ether oxygens (including phenoxy) is 1. The molecule has 2 aromatic rings. The minimum atomic E-state index is -0.542. The topological polar surface area (TPSA) is 59.2 Å². The molecule has 1 heterocycles. The van der Waals surface area contributed by atoms with E-state index in [1.807, 2.05) is 19.1 Å². The Morgan fingerprint density at radius 2 is 2.06 bits per heavy atom. The van der Waals surface area contributed by atoms with Gasteiger partial charge in [-0.2, -0.15) is 0 Å². The number of aryl methyl sites for hydroxylation is 1. The van der Waals surface area contributed by atoms with Crippen molar-refractivity contribution in [3.63, 3.8) is 0 Å². The fourth-order valence-corrected chi connectivity index (χ4v) is 1.59. The quantitative estimate of drug-likeness (QED) is 0.738. The zero-order valence-corrected chi connectivity index (χ0v) is 9.03. The van der Waals surface area contributed by atoms with Crippen LogP contribution in [-0.4, -0.2) is 18.1 Å². The molecule has 0 unspecified atom stereocenters. The van der Waals surface area contributed by atoms with E-state index in [1.54, 1.807) is 12.1 Å². The molecule has 16 heavy (non-hydrogen) atoms. The van der Waals surface area contributed by atoms with E-state index in [0.29, 0.717) is 5.39 Å². The number of rotatable bonds is 1. The van der Waals surface area contributed by atoms with Gasteiger partial charge in [0.05, 0.1) is 7.11 Å². The number of fused-ring (bicyclic) bond motifs is 1. The smallest absolute Gasteiger partial charge is 0.354 e. The van der Waals surface area contributed by atoms with Crippen molar-refractivity contribution in [3.05, 3.63) is 45.9 Å². The van der Waals surface area contributed by atoms with Gasteiger partial charge in [0.1, 0.15) is 5.69 Å². The number of methoxy groups -OCH3 is 1. The summed E-state index contributed by atoms with van der Waals surface area (Å²) in [7, 11) is 1.28. The maximum absolute atomic E-state index is 11.7. The molecule has 0 saturated carbocycles. The highest BCUT2D eigenvalue weighted by atomic mass is 16.5. The molecular formula is C12H11NO3. The Morgan fingerprint density at radius 1 is 1.31 bits per heavy atom. The summed E-state index contributed by atoms with van der Waals surface area (Å²) in [5.74, 6) is -0.542. The first-order chi connectivity index (χ1) is 7.61. The lowest BCUT2D eigenvalue weighted by atomic mass is 10.1. The first kappa shape index (κ1) is 10.4. The summed E-state index contributed by atoms with van der Waals surface area (Å²) in [5, 5.41) is 1.31. The van der Waals surface area contributed by atoms with E-state index >= 15 is 0 Å². The molecule has 4 heteroatoms. The predicted octanol–water partition coefficient (Wildman–Crippen LogP) is 1.62. The number of esters is 1. The molecule has 2 rings (SSSR count). The van der Waals surface area contributed by atoms with Gasteiger partial charge in [-0.05, 0) is 24.4 Å². The molecule has 0 atom stereocenters. The number of carbonyl (C=O) groups is 1. The van der Waals surface area contributed by atoms with Gasteiger partial charge in [-0.1, -0.05) is 17.7 Å². The van der Waals surface area contributed by atoms with Crippen LogP contribution in [0, 0.1) is 6.92 Å². The van der Waals surface area contributed by atoms with Crippen molar-refractivity contribution in [1.29, 1.82) is 0 Å². The van der Waals surface area contributed by atoms with Crippen LogP contribution in [0.5, 0.6) is 0 Å². The van der Waals surface area contributed by atoms with Gasteiger partial charge in [0.25, 0.3) is 5.56 Å². The van der Waals surface area contributed by atoms with Crippen LogP contribution in [0.3, 0.4) is 0 Å². The zero-order chi connectivity index (χ0) is 11.7. The van der Waals surface area contributed by atoms with Crippen molar-refractivity contribution in [2.45, 2.75) is 6.92 Å². The summed E-state index contributed by atoms with van der Waals surface area (Å²) >= 11 is 0. The zero-order valence-electron chi connectivity index (χ0n) is 9.03. The molecule has 0 aliphatic carbocycles. The third kappa shape index (κ3) is 1.69. The summed E-state index contributed by atoms with van der Waals surface area (Å²) in [5.41, 5.74) is 0.897. The molecule has 0 spiro atoms. The largest absolute Gasteiger partial charge is 0.464 e. The number of carbonyl (C=O) groups excluding carboxylic acids is 1. The first-order valence-corrected chi connectivity index (χ1v) is 4.84. The predicted molar refractivity (Wildman–Crippen MR) is 60.6 cm³/mol. The van der Waals surface area contributed by atoms with Crippen LogP contribution >= 0.6 is 0 Å². The van der Waals surface area contributed by atoms with E-state index < -0.39 is 5.97 Å². The molecule has 4 nitrogen and oxygen atoms in total. The van der Waals surface area contributed by atoms with Crippen molar-refractivity contribution >= 4 is 16.7 Å².